The quantitative estimate of drug-likeness (QED) is 0.793. The lowest BCUT2D eigenvalue weighted by Crippen LogP contribution is -2.29. The zero-order chi connectivity index (χ0) is 13.5. The second-order valence-electron chi connectivity index (χ2n) is 4.64. The number of aliphatic hydroxyl groups excluding tert-OH is 1. The van der Waals surface area contributed by atoms with Crippen molar-refractivity contribution in [2.24, 2.45) is 5.92 Å². The molecular weight excluding hydrogens is 250 g/mol. The van der Waals surface area contributed by atoms with E-state index in [0.29, 0.717) is 17.3 Å². The summed E-state index contributed by atoms with van der Waals surface area (Å²) < 4.78 is 3.84. The van der Waals surface area contributed by atoms with E-state index in [0.717, 1.165) is 30.1 Å². The van der Waals surface area contributed by atoms with Crippen molar-refractivity contribution in [3.05, 3.63) is 10.6 Å². The van der Waals surface area contributed by atoms with Gasteiger partial charge in [-0.3, -0.25) is 4.79 Å². The molecule has 0 aliphatic carbocycles. The summed E-state index contributed by atoms with van der Waals surface area (Å²) in [7, 11) is 0. The number of aliphatic hydroxyl groups is 1. The predicted octanol–water partition coefficient (Wildman–Crippen LogP) is 1.80. The summed E-state index contributed by atoms with van der Waals surface area (Å²) in [5, 5.41) is 15.8. The van der Waals surface area contributed by atoms with Crippen LogP contribution in [0.4, 0.5) is 0 Å². The summed E-state index contributed by atoms with van der Waals surface area (Å²) in [5.74, 6) is 0.413. The molecule has 1 heterocycles. The lowest BCUT2D eigenvalue weighted by molar-refractivity contribution is 0.0946. The first-order valence-electron chi connectivity index (χ1n) is 6.31. The van der Waals surface area contributed by atoms with Gasteiger partial charge in [0.1, 0.15) is 4.88 Å². The largest absolute Gasteiger partial charge is 0.396 e. The monoisotopic (exact) mass is 271 g/mol. The molecule has 1 aromatic heterocycles. The van der Waals surface area contributed by atoms with Crippen LogP contribution in [0.1, 0.15) is 54.9 Å². The number of aromatic nitrogens is 2. The molecule has 0 saturated heterocycles. The van der Waals surface area contributed by atoms with E-state index in [9.17, 15) is 4.79 Å². The maximum absolute atomic E-state index is 12.0. The van der Waals surface area contributed by atoms with E-state index >= 15 is 0 Å². The van der Waals surface area contributed by atoms with Crippen LogP contribution in [0.2, 0.25) is 0 Å². The third-order valence-electron chi connectivity index (χ3n) is 2.93. The van der Waals surface area contributed by atoms with Gasteiger partial charge in [0.2, 0.25) is 0 Å². The smallest absolute Gasteiger partial charge is 0.264 e. The van der Waals surface area contributed by atoms with Gasteiger partial charge in [0, 0.05) is 13.2 Å². The van der Waals surface area contributed by atoms with Crippen LogP contribution in [0.15, 0.2) is 0 Å². The molecule has 0 aliphatic heterocycles. The SMILES string of the molecule is CCC(CCO)CNC(=O)c1snnc1C(C)C. The van der Waals surface area contributed by atoms with E-state index in [-0.39, 0.29) is 18.4 Å². The van der Waals surface area contributed by atoms with E-state index in [4.69, 9.17) is 5.11 Å². The maximum atomic E-state index is 12.0. The Morgan fingerprint density at radius 3 is 2.78 bits per heavy atom. The van der Waals surface area contributed by atoms with Gasteiger partial charge in [-0.1, -0.05) is 31.7 Å². The first kappa shape index (κ1) is 15.0. The summed E-state index contributed by atoms with van der Waals surface area (Å²) in [6.45, 7) is 6.79. The zero-order valence-electron chi connectivity index (χ0n) is 11.1. The second kappa shape index (κ2) is 7.43. The fourth-order valence-corrected chi connectivity index (χ4v) is 2.42. The number of nitrogens with zero attached hydrogens (tertiary/aromatic N) is 2. The van der Waals surface area contributed by atoms with E-state index < -0.39 is 0 Å². The van der Waals surface area contributed by atoms with Gasteiger partial charge in [-0.15, -0.1) is 5.10 Å². The normalized spacial score (nSPS) is 12.7. The third kappa shape index (κ3) is 4.03. The Morgan fingerprint density at radius 2 is 2.22 bits per heavy atom. The van der Waals surface area contributed by atoms with Gasteiger partial charge >= 0.3 is 0 Å². The lowest BCUT2D eigenvalue weighted by atomic mass is 10.0. The number of nitrogens with one attached hydrogen (secondary N) is 1. The summed E-state index contributed by atoms with van der Waals surface area (Å²) in [5.41, 5.74) is 0.757. The Kier molecular flexibility index (Phi) is 6.21. The molecule has 1 atom stereocenters. The van der Waals surface area contributed by atoms with Gasteiger partial charge in [-0.05, 0) is 29.8 Å². The summed E-state index contributed by atoms with van der Waals surface area (Å²) >= 11 is 1.14. The van der Waals surface area contributed by atoms with Crippen molar-refractivity contribution in [2.45, 2.75) is 39.5 Å². The van der Waals surface area contributed by atoms with Gasteiger partial charge in [0.05, 0.1) is 5.69 Å². The molecule has 5 nitrogen and oxygen atoms in total. The Balaban J connectivity index is 2.57. The Morgan fingerprint density at radius 1 is 1.50 bits per heavy atom. The number of rotatable bonds is 7. The highest BCUT2D eigenvalue weighted by Gasteiger charge is 2.19. The van der Waals surface area contributed by atoms with Crippen LogP contribution in [-0.4, -0.2) is 33.8 Å². The first-order chi connectivity index (χ1) is 8.60. The summed E-state index contributed by atoms with van der Waals surface area (Å²) in [4.78, 5) is 12.6. The van der Waals surface area contributed by atoms with Crippen LogP contribution in [0.25, 0.3) is 0 Å². The molecule has 0 aliphatic rings. The van der Waals surface area contributed by atoms with Crippen LogP contribution in [0, 0.1) is 5.92 Å². The molecule has 0 radical (unpaired) electrons. The Labute approximate surface area is 112 Å². The number of hydrogen-bond donors (Lipinski definition) is 2. The number of carbonyl (C=O) groups is 1. The first-order valence-corrected chi connectivity index (χ1v) is 7.08. The highest BCUT2D eigenvalue weighted by atomic mass is 32.1. The molecule has 1 rings (SSSR count). The van der Waals surface area contributed by atoms with Crippen molar-refractivity contribution in [1.82, 2.24) is 14.9 Å². The molecule has 0 bridgehead atoms. The molecule has 0 fully saturated rings. The number of amides is 1. The third-order valence-corrected chi connectivity index (χ3v) is 3.67. The highest BCUT2D eigenvalue weighted by molar-refractivity contribution is 7.08. The van der Waals surface area contributed by atoms with Crippen molar-refractivity contribution in [1.29, 1.82) is 0 Å². The van der Waals surface area contributed by atoms with Crippen molar-refractivity contribution in [3.63, 3.8) is 0 Å². The minimum absolute atomic E-state index is 0.106. The highest BCUT2D eigenvalue weighted by Crippen LogP contribution is 2.19. The molecule has 1 unspecified atom stereocenters. The van der Waals surface area contributed by atoms with Gasteiger partial charge in [-0.2, -0.15) is 0 Å². The standard InChI is InChI=1S/C12H21N3O2S/c1-4-9(5-6-16)7-13-12(17)11-10(8(2)3)14-15-18-11/h8-9,16H,4-7H2,1-3H3,(H,13,17). The van der Waals surface area contributed by atoms with Gasteiger partial charge in [0.15, 0.2) is 0 Å². The number of carbonyl (C=O) groups excluding carboxylic acids is 1. The average Bonchev–Trinajstić information content (AvgIpc) is 2.83. The molecule has 0 spiro atoms. The van der Waals surface area contributed by atoms with E-state index in [1.165, 1.54) is 0 Å². The van der Waals surface area contributed by atoms with Crippen molar-refractivity contribution < 1.29 is 9.90 Å². The van der Waals surface area contributed by atoms with Crippen LogP contribution >= 0.6 is 11.5 Å². The average molecular weight is 271 g/mol. The minimum atomic E-state index is -0.106. The van der Waals surface area contributed by atoms with Gasteiger partial charge < -0.3 is 10.4 Å². The second-order valence-corrected chi connectivity index (χ2v) is 5.39. The van der Waals surface area contributed by atoms with E-state index in [2.05, 4.69) is 21.8 Å². The maximum Gasteiger partial charge on any atom is 0.264 e. The predicted molar refractivity (Wildman–Crippen MR) is 71.8 cm³/mol. The molecule has 1 amide bonds. The molecule has 0 saturated carbocycles. The van der Waals surface area contributed by atoms with Crippen LogP contribution < -0.4 is 5.32 Å². The van der Waals surface area contributed by atoms with Crippen molar-refractivity contribution in [2.75, 3.05) is 13.2 Å². The molecule has 1 aromatic rings. The topological polar surface area (TPSA) is 75.1 Å². The Bertz CT molecular complexity index is 379. The molecule has 6 heteroatoms. The number of hydrogen-bond acceptors (Lipinski definition) is 5. The molecule has 0 aromatic carbocycles. The molecular formula is C12H21N3O2S. The minimum Gasteiger partial charge on any atom is -0.396 e. The van der Waals surface area contributed by atoms with Crippen LogP contribution in [-0.2, 0) is 0 Å². The van der Waals surface area contributed by atoms with Crippen LogP contribution in [0.3, 0.4) is 0 Å². The zero-order valence-corrected chi connectivity index (χ0v) is 12.0. The van der Waals surface area contributed by atoms with Crippen molar-refractivity contribution in [3.8, 4) is 0 Å². The van der Waals surface area contributed by atoms with Crippen LogP contribution in [0.5, 0.6) is 0 Å². The Hall–Kier alpha value is -1.01. The van der Waals surface area contributed by atoms with Gasteiger partial charge in [0.25, 0.3) is 5.91 Å². The summed E-state index contributed by atoms with van der Waals surface area (Å²) in [6.07, 6.45) is 1.66. The lowest BCUT2D eigenvalue weighted by Gasteiger charge is -2.14. The van der Waals surface area contributed by atoms with Crippen molar-refractivity contribution >= 4 is 17.4 Å². The summed E-state index contributed by atoms with van der Waals surface area (Å²) in [6, 6.07) is 0. The fraction of sp³-hybridized carbons (Fsp3) is 0.750. The molecule has 102 valence electrons. The molecule has 18 heavy (non-hydrogen) atoms. The van der Waals surface area contributed by atoms with Gasteiger partial charge in [-0.25, -0.2) is 0 Å². The fourth-order valence-electron chi connectivity index (χ4n) is 1.68. The van der Waals surface area contributed by atoms with E-state index in [1.54, 1.807) is 0 Å². The van der Waals surface area contributed by atoms with E-state index in [1.807, 2.05) is 13.8 Å². The molecule has 2 N–H and O–H groups in total.